The van der Waals surface area contributed by atoms with Crippen LogP contribution in [0.15, 0.2) is 24.3 Å². The Morgan fingerprint density at radius 3 is 2.52 bits per heavy atom. The molecule has 0 atom stereocenters. The van der Waals surface area contributed by atoms with Gasteiger partial charge in [-0.15, -0.1) is 0 Å². The largest absolute Gasteiger partial charge is 0.325 e. The lowest BCUT2D eigenvalue weighted by molar-refractivity contribution is -0.131. The Morgan fingerprint density at radius 2 is 1.87 bits per heavy atom. The number of nitrogens with one attached hydrogen (secondary N) is 1. The molecule has 1 aromatic carbocycles. The lowest BCUT2D eigenvalue weighted by Gasteiger charge is -2.24. The number of carbonyl (C=O) groups excluding carboxylic acids is 3. The number of nitrogens with zero attached hydrogens (tertiary/aromatic N) is 1. The van der Waals surface area contributed by atoms with Crippen molar-refractivity contribution in [2.75, 3.05) is 6.54 Å². The normalized spacial score (nSPS) is 20.5. The van der Waals surface area contributed by atoms with Gasteiger partial charge in [0, 0.05) is 10.6 Å². The summed E-state index contributed by atoms with van der Waals surface area (Å²) in [5.41, 5.74) is -0.401. The summed E-state index contributed by atoms with van der Waals surface area (Å²) in [5, 5.41) is 3.29. The van der Waals surface area contributed by atoms with Gasteiger partial charge in [-0.05, 0) is 25.0 Å². The highest BCUT2D eigenvalue weighted by atomic mass is 35.5. The van der Waals surface area contributed by atoms with Crippen LogP contribution in [0.3, 0.4) is 0 Å². The zero-order valence-corrected chi connectivity index (χ0v) is 13.6. The Balaban J connectivity index is 1.76. The molecule has 0 aromatic heterocycles. The van der Waals surface area contributed by atoms with E-state index in [1.165, 1.54) is 0 Å². The molecule has 2 fully saturated rings. The molecule has 0 bridgehead atoms. The summed E-state index contributed by atoms with van der Waals surface area (Å²) >= 11 is 5.89. The van der Waals surface area contributed by atoms with Crippen molar-refractivity contribution in [1.29, 1.82) is 0 Å². The molecule has 1 heterocycles. The lowest BCUT2D eigenvalue weighted by atomic mass is 9.90. The van der Waals surface area contributed by atoms with Gasteiger partial charge >= 0.3 is 6.03 Å². The molecule has 3 rings (SSSR count). The summed E-state index contributed by atoms with van der Waals surface area (Å²) in [5.74, 6) is -0.554. The van der Waals surface area contributed by atoms with Crippen molar-refractivity contribution in [3.63, 3.8) is 0 Å². The molecule has 6 heteroatoms. The van der Waals surface area contributed by atoms with Gasteiger partial charge in [0.15, 0.2) is 5.78 Å². The molecule has 1 aliphatic carbocycles. The van der Waals surface area contributed by atoms with E-state index in [9.17, 15) is 14.4 Å². The fourth-order valence-corrected chi connectivity index (χ4v) is 3.58. The zero-order valence-electron chi connectivity index (χ0n) is 12.8. The number of ketones is 1. The Kier molecular flexibility index (Phi) is 4.39. The fraction of sp³-hybridized carbons (Fsp3) is 0.471. The maximum absolute atomic E-state index is 12.7. The second-order valence-electron chi connectivity index (χ2n) is 6.25. The number of urea groups is 1. The van der Waals surface area contributed by atoms with Gasteiger partial charge in [0.1, 0.15) is 5.54 Å². The summed E-state index contributed by atoms with van der Waals surface area (Å²) in [6, 6.07) is 6.06. The van der Waals surface area contributed by atoms with Crippen LogP contribution >= 0.6 is 11.6 Å². The maximum atomic E-state index is 12.7. The Bertz CT molecular complexity index is 651. The maximum Gasteiger partial charge on any atom is 0.325 e. The van der Waals surface area contributed by atoms with Crippen LogP contribution in [0.4, 0.5) is 4.79 Å². The predicted octanol–water partition coefficient (Wildman–Crippen LogP) is 3.17. The molecule has 1 aromatic rings. The molecule has 1 N–H and O–H groups in total. The molecule has 2 aliphatic rings. The Morgan fingerprint density at radius 1 is 1.17 bits per heavy atom. The number of hydrogen-bond acceptors (Lipinski definition) is 3. The molecular formula is C17H19ClN2O3. The van der Waals surface area contributed by atoms with E-state index >= 15 is 0 Å². The van der Waals surface area contributed by atoms with Gasteiger partial charge in [-0.25, -0.2) is 4.79 Å². The molecule has 5 nitrogen and oxygen atoms in total. The van der Waals surface area contributed by atoms with Gasteiger partial charge < -0.3 is 5.32 Å². The second-order valence-corrected chi connectivity index (χ2v) is 6.69. The van der Waals surface area contributed by atoms with Gasteiger partial charge in [-0.1, -0.05) is 49.4 Å². The van der Waals surface area contributed by atoms with Gasteiger partial charge in [-0.3, -0.25) is 14.5 Å². The monoisotopic (exact) mass is 334 g/mol. The average molecular weight is 335 g/mol. The van der Waals surface area contributed by atoms with Gasteiger partial charge in [0.25, 0.3) is 5.91 Å². The molecule has 23 heavy (non-hydrogen) atoms. The summed E-state index contributed by atoms with van der Waals surface area (Å²) in [4.78, 5) is 38.4. The summed E-state index contributed by atoms with van der Waals surface area (Å²) in [6.07, 6.45) is 5.29. The first kappa shape index (κ1) is 16.0. The zero-order chi connectivity index (χ0) is 16.4. The minimum Gasteiger partial charge on any atom is -0.323 e. The van der Waals surface area contributed by atoms with Crippen molar-refractivity contribution in [1.82, 2.24) is 10.2 Å². The van der Waals surface area contributed by atoms with Crippen molar-refractivity contribution >= 4 is 29.3 Å². The summed E-state index contributed by atoms with van der Waals surface area (Å²) in [6.45, 7) is -0.243. The van der Waals surface area contributed by atoms with Gasteiger partial charge in [0.05, 0.1) is 6.54 Å². The number of carbonyl (C=O) groups is 3. The van der Waals surface area contributed by atoms with Crippen LogP contribution in [0.25, 0.3) is 0 Å². The van der Waals surface area contributed by atoms with E-state index in [1.807, 2.05) is 0 Å². The van der Waals surface area contributed by atoms with Gasteiger partial charge in [-0.2, -0.15) is 0 Å². The number of benzene rings is 1. The highest BCUT2D eigenvalue weighted by Gasteiger charge is 2.51. The van der Waals surface area contributed by atoms with Crippen molar-refractivity contribution in [3.8, 4) is 0 Å². The van der Waals surface area contributed by atoms with E-state index in [2.05, 4.69) is 5.32 Å². The first-order valence-electron chi connectivity index (χ1n) is 7.95. The molecule has 1 aliphatic heterocycles. The van der Waals surface area contributed by atoms with E-state index in [0.717, 1.165) is 30.6 Å². The van der Waals surface area contributed by atoms with Crippen LogP contribution < -0.4 is 5.32 Å². The van der Waals surface area contributed by atoms with Crippen LogP contribution in [-0.4, -0.2) is 34.7 Å². The molecule has 1 saturated heterocycles. The van der Waals surface area contributed by atoms with Crippen LogP contribution in [0, 0.1) is 0 Å². The third-order valence-electron chi connectivity index (χ3n) is 4.65. The van der Waals surface area contributed by atoms with Crippen molar-refractivity contribution in [2.24, 2.45) is 0 Å². The number of halogens is 1. The first-order chi connectivity index (χ1) is 11.0. The van der Waals surface area contributed by atoms with Crippen molar-refractivity contribution in [2.45, 2.75) is 44.1 Å². The fourth-order valence-electron chi connectivity index (χ4n) is 3.39. The predicted molar refractivity (Wildman–Crippen MR) is 86.5 cm³/mol. The van der Waals surface area contributed by atoms with Crippen LogP contribution in [0.5, 0.6) is 0 Å². The van der Waals surface area contributed by atoms with E-state index in [1.54, 1.807) is 24.3 Å². The molecule has 1 spiro atoms. The highest BCUT2D eigenvalue weighted by Crippen LogP contribution is 2.32. The SMILES string of the molecule is O=C(CN1C(=O)NC2(CCCCCC2)C1=O)c1cccc(Cl)c1. The quantitative estimate of drug-likeness (QED) is 0.682. The lowest BCUT2D eigenvalue weighted by Crippen LogP contribution is -2.46. The van der Waals surface area contributed by atoms with E-state index in [4.69, 9.17) is 11.6 Å². The third kappa shape index (κ3) is 3.11. The summed E-state index contributed by atoms with van der Waals surface area (Å²) in [7, 11) is 0. The molecular weight excluding hydrogens is 316 g/mol. The van der Waals surface area contributed by atoms with Crippen LogP contribution in [-0.2, 0) is 4.79 Å². The van der Waals surface area contributed by atoms with Gasteiger partial charge in [0.2, 0.25) is 0 Å². The number of rotatable bonds is 3. The van der Waals surface area contributed by atoms with Crippen molar-refractivity contribution < 1.29 is 14.4 Å². The average Bonchev–Trinajstić information content (AvgIpc) is 2.71. The minimum atomic E-state index is -0.803. The minimum absolute atomic E-state index is 0.243. The molecule has 3 amide bonds. The highest BCUT2D eigenvalue weighted by molar-refractivity contribution is 6.31. The Labute approximate surface area is 140 Å². The smallest absolute Gasteiger partial charge is 0.323 e. The number of hydrogen-bond donors (Lipinski definition) is 1. The molecule has 0 radical (unpaired) electrons. The van der Waals surface area contributed by atoms with Crippen molar-refractivity contribution in [3.05, 3.63) is 34.9 Å². The van der Waals surface area contributed by atoms with E-state index in [0.29, 0.717) is 23.4 Å². The summed E-state index contributed by atoms with van der Waals surface area (Å²) < 4.78 is 0. The number of Topliss-reactive ketones (excluding diaryl/α,β-unsaturated/α-hetero) is 1. The van der Waals surface area contributed by atoms with E-state index in [-0.39, 0.29) is 18.2 Å². The number of amides is 3. The van der Waals surface area contributed by atoms with Crippen LogP contribution in [0.1, 0.15) is 48.9 Å². The second kappa shape index (κ2) is 6.32. The standard InChI is InChI=1S/C17H19ClN2O3/c18-13-7-5-6-12(10-13)14(21)11-20-15(22)17(19-16(20)23)8-3-1-2-4-9-17/h5-7,10H,1-4,8-9,11H2,(H,19,23). The van der Waals surface area contributed by atoms with Crippen LogP contribution in [0.2, 0.25) is 5.02 Å². The molecule has 0 unspecified atom stereocenters. The molecule has 122 valence electrons. The Hall–Kier alpha value is -1.88. The molecule has 1 saturated carbocycles. The van der Waals surface area contributed by atoms with E-state index < -0.39 is 11.6 Å². The topological polar surface area (TPSA) is 66.5 Å². The third-order valence-corrected chi connectivity index (χ3v) is 4.89. The number of imide groups is 1. The first-order valence-corrected chi connectivity index (χ1v) is 8.32.